The molecule has 0 saturated heterocycles. The van der Waals surface area contributed by atoms with Crippen molar-refractivity contribution in [2.45, 2.75) is 19.8 Å². The molecule has 2 heterocycles. The normalized spacial score (nSPS) is 11.6. The van der Waals surface area contributed by atoms with Gasteiger partial charge in [-0.1, -0.05) is 0 Å². The molecule has 1 amide bonds. The molecule has 0 saturated carbocycles. The van der Waals surface area contributed by atoms with Gasteiger partial charge in [0.05, 0.1) is 0 Å². The number of hydrogen-bond acceptors (Lipinski definition) is 3. The zero-order valence-corrected chi connectivity index (χ0v) is 10.3. The molecule has 0 aliphatic heterocycles. The van der Waals surface area contributed by atoms with Crippen molar-refractivity contribution >= 4 is 11.6 Å². The molecule has 0 bridgehead atoms. The van der Waals surface area contributed by atoms with Crippen LogP contribution in [0, 0.1) is 0 Å². The number of rotatable bonds is 4. The molecule has 2 aromatic rings. The molecule has 0 aliphatic carbocycles. The Morgan fingerprint density at radius 3 is 2.55 bits per heavy atom. The fourth-order valence-corrected chi connectivity index (χ4v) is 1.65. The van der Waals surface area contributed by atoms with Gasteiger partial charge in [-0.25, -0.2) is 27.1 Å². The average molecular weight is 290 g/mol. The van der Waals surface area contributed by atoms with Crippen molar-refractivity contribution in [2.75, 3.05) is 6.54 Å². The second-order valence-corrected chi connectivity index (χ2v) is 3.87. The Hall–Kier alpha value is -2.19. The number of halogens is 4. The molecule has 0 aromatic carbocycles. The van der Waals surface area contributed by atoms with E-state index >= 15 is 0 Å². The molecule has 2 aromatic heterocycles. The molecule has 0 atom stereocenters. The zero-order valence-electron chi connectivity index (χ0n) is 10.3. The van der Waals surface area contributed by atoms with Gasteiger partial charge in [0, 0.05) is 12.6 Å². The van der Waals surface area contributed by atoms with Gasteiger partial charge in [0.15, 0.2) is 11.3 Å². The van der Waals surface area contributed by atoms with E-state index in [1.807, 2.05) is 0 Å². The van der Waals surface area contributed by atoms with Gasteiger partial charge in [0.1, 0.15) is 11.4 Å². The minimum atomic E-state index is -3.01. The molecule has 0 aliphatic rings. The van der Waals surface area contributed by atoms with E-state index in [-0.39, 0.29) is 11.3 Å². The SMILES string of the molecule is CCNC(=O)c1cc2nc(C(F)F)cc(C(F)F)n2n1. The second-order valence-electron chi connectivity index (χ2n) is 3.87. The lowest BCUT2D eigenvalue weighted by Crippen LogP contribution is -2.23. The molecule has 0 radical (unpaired) electrons. The molecule has 0 spiro atoms. The summed E-state index contributed by atoms with van der Waals surface area (Å²) in [5.74, 6) is -0.586. The Kier molecular flexibility index (Phi) is 3.86. The van der Waals surface area contributed by atoms with Gasteiger partial charge in [-0.2, -0.15) is 5.10 Å². The Balaban J connectivity index is 2.59. The average Bonchev–Trinajstić information content (AvgIpc) is 2.81. The van der Waals surface area contributed by atoms with Crippen LogP contribution in [0.4, 0.5) is 17.6 Å². The summed E-state index contributed by atoms with van der Waals surface area (Å²) < 4.78 is 51.6. The third kappa shape index (κ3) is 2.56. The van der Waals surface area contributed by atoms with Gasteiger partial charge in [-0.05, 0) is 13.0 Å². The molecule has 5 nitrogen and oxygen atoms in total. The van der Waals surface area contributed by atoms with Crippen molar-refractivity contribution in [3.05, 3.63) is 29.2 Å². The highest BCUT2D eigenvalue weighted by molar-refractivity contribution is 5.93. The van der Waals surface area contributed by atoms with Gasteiger partial charge in [0.25, 0.3) is 18.8 Å². The zero-order chi connectivity index (χ0) is 14.9. The summed E-state index contributed by atoms with van der Waals surface area (Å²) in [7, 11) is 0. The van der Waals surface area contributed by atoms with E-state index in [0.29, 0.717) is 17.1 Å². The highest BCUT2D eigenvalue weighted by atomic mass is 19.3. The van der Waals surface area contributed by atoms with Gasteiger partial charge in [-0.15, -0.1) is 0 Å². The Morgan fingerprint density at radius 2 is 2.00 bits per heavy atom. The van der Waals surface area contributed by atoms with Crippen LogP contribution in [0.15, 0.2) is 12.1 Å². The van der Waals surface area contributed by atoms with Crippen molar-refractivity contribution in [3.63, 3.8) is 0 Å². The van der Waals surface area contributed by atoms with Crippen molar-refractivity contribution in [1.29, 1.82) is 0 Å². The molecule has 108 valence electrons. The Bertz CT molecular complexity index is 641. The molecular weight excluding hydrogens is 280 g/mol. The Morgan fingerprint density at radius 1 is 1.30 bits per heavy atom. The molecule has 0 fully saturated rings. The van der Waals surface area contributed by atoms with Crippen molar-refractivity contribution in [2.24, 2.45) is 0 Å². The summed E-state index contributed by atoms with van der Waals surface area (Å²) in [6.45, 7) is 2.00. The van der Waals surface area contributed by atoms with Crippen LogP contribution >= 0.6 is 0 Å². The highest BCUT2D eigenvalue weighted by Crippen LogP contribution is 2.25. The summed E-state index contributed by atoms with van der Waals surface area (Å²) in [6.07, 6.45) is -6.00. The summed E-state index contributed by atoms with van der Waals surface area (Å²) in [5, 5.41) is 6.10. The van der Waals surface area contributed by atoms with E-state index in [1.54, 1.807) is 6.92 Å². The summed E-state index contributed by atoms with van der Waals surface area (Å²) in [5.41, 5.74) is -1.90. The molecule has 0 unspecified atom stereocenters. The van der Waals surface area contributed by atoms with Crippen LogP contribution < -0.4 is 5.32 Å². The summed E-state index contributed by atoms with van der Waals surface area (Å²) in [4.78, 5) is 15.1. The van der Waals surface area contributed by atoms with Crippen LogP contribution in [0.25, 0.3) is 5.65 Å². The largest absolute Gasteiger partial charge is 0.351 e. The van der Waals surface area contributed by atoms with Crippen LogP contribution in [0.5, 0.6) is 0 Å². The monoisotopic (exact) mass is 290 g/mol. The van der Waals surface area contributed by atoms with Gasteiger partial charge in [-0.3, -0.25) is 4.79 Å². The van der Waals surface area contributed by atoms with E-state index in [9.17, 15) is 22.4 Å². The molecule has 9 heteroatoms. The van der Waals surface area contributed by atoms with E-state index in [4.69, 9.17) is 0 Å². The number of nitrogens with zero attached hydrogens (tertiary/aromatic N) is 3. The fraction of sp³-hybridized carbons (Fsp3) is 0.364. The number of hydrogen-bond donors (Lipinski definition) is 1. The first-order valence-electron chi connectivity index (χ1n) is 5.69. The number of alkyl halides is 4. The Labute approximate surface area is 110 Å². The molecule has 1 N–H and O–H groups in total. The van der Waals surface area contributed by atoms with E-state index < -0.39 is 30.1 Å². The number of aromatic nitrogens is 3. The third-order valence-corrected chi connectivity index (χ3v) is 2.49. The molecule has 20 heavy (non-hydrogen) atoms. The maximum atomic E-state index is 12.9. The minimum Gasteiger partial charge on any atom is -0.351 e. The molecular formula is C11H10F4N4O. The first-order valence-corrected chi connectivity index (χ1v) is 5.69. The van der Waals surface area contributed by atoms with Crippen LogP contribution in [0.3, 0.4) is 0 Å². The predicted molar refractivity (Wildman–Crippen MR) is 60.9 cm³/mol. The minimum absolute atomic E-state index is 0.160. The lowest BCUT2D eigenvalue weighted by Gasteiger charge is -2.06. The topological polar surface area (TPSA) is 59.3 Å². The van der Waals surface area contributed by atoms with E-state index in [0.717, 1.165) is 6.07 Å². The standard InChI is InChI=1S/C11H10F4N4O/c1-2-16-11(20)6-4-8-17-5(9(12)13)3-7(10(14)15)19(8)18-6/h3-4,9-10H,2H2,1H3,(H,16,20). The van der Waals surface area contributed by atoms with Gasteiger partial charge < -0.3 is 5.32 Å². The van der Waals surface area contributed by atoms with Crippen LogP contribution in [-0.2, 0) is 0 Å². The first-order chi connectivity index (χ1) is 9.43. The summed E-state index contributed by atoms with van der Waals surface area (Å²) in [6, 6.07) is 1.67. The van der Waals surface area contributed by atoms with Gasteiger partial charge >= 0.3 is 0 Å². The van der Waals surface area contributed by atoms with Crippen LogP contribution in [0.1, 0.15) is 41.7 Å². The quantitative estimate of drug-likeness (QED) is 0.879. The predicted octanol–water partition coefficient (Wildman–Crippen LogP) is 2.35. The number of amides is 1. The number of carbonyl (C=O) groups is 1. The van der Waals surface area contributed by atoms with E-state index in [1.165, 1.54) is 0 Å². The first kappa shape index (κ1) is 14.2. The maximum Gasteiger partial charge on any atom is 0.280 e. The van der Waals surface area contributed by atoms with Crippen molar-refractivity contribution < 1.29 is 22.4 Å². The summed E-state index contributed by atoms with van der Waals surface area (Å²) >= 11 is 0. The number of nitrogens with one attached hydrogen (secondary N) is 1. The van der Waals surface area contributed by atoms with Crippen molar-refractivity contribution in [3.8, 4) is 0 Å². The smallest absolute Gasteiger partial charge is 0.280 e. The van der Waals surface area contributed by atoms with Crippen LogP contribution in [-0.4, -0.2) is 27.0 Å². The second kappa shape index (κ2) is 5.43. The fourth-order valence-electron chi connectivity index (χ4n) is 1.65. The van der Waals surface area contributed by atoms with Crippen molar-refractivity contribution in [1.82, 2.24) is 19.9 Å². The van der Waals surface area contributed by atoms with E-state index in [2.05, 4.69) is 15.4 Å². The number of fused-ring (bicyclic) bond motifs is 1. The van der Waals surface area contributed by atoms with Crippen LogP contribution in [0.2, 0.25) is 0 Å². The lowest BCUT2D eigenvalue weighted by molar-refractivity contribution is 0.0949. The highest BCUT2D eigenvalue weighted by Gasteiger charge is 2.21. The molecule has 2 rings (SSSR count). The third-order valence-electron chi connectivity index (χ3n) is 2.49. The maximum absolute atomic E-state index is 12.9. The van der Waals surface area contributed by atoms with Gasteiger partial charge in [0.2, 0.25) is 0 Å². The lowest BCUT2D eigenvalue weighted by atomic mass is 10.3. The number of carbonyl (C=O) groups excluding carboxylic acids is 1.